The fourth-order valence-electron chi connectivity index (χ4n) is 3.01. The molecule has 0 bridgehead atoms. The van der Waals surface area contributed by atoms with Crippen molar-refractivity contribution in [3.63, 3.8) is 0 Å². The molecule has 1 N–H and O–H groups in total. The molecule has 0 atom stereocenters. The number of nitrogens with zero attached hydrogens (tertiary/aromatic N) is 4. The summed E-state index contributed by atoms with van der Waals surface area (Å²) in [6.07, 6.45) is -2.79. The van der Waals surface area contributed by atoms with E-state index < -0.39 is 11.7 Å². The lowest BCUT2D eigenvalue weighted by atomic mass is 10.1. The second-order valence-corrected chi connectivity index (χ2v) is 6.74. The molecule has 7 nitrogen and oxygen atoms in total. The van der Waals surface area contributed by atoms with Crippen LogP contribution in [0.15, 0.2) is 41.4 Å². The fraction of sp³-hybridized carbons (Fsp3) is 0.421. The number of hydrogen-bond acceptors (Lipinski definition) is 6. The number of carbonyl (C=O) groups is 1. The summed E-state index contributed by atoms with van der Waals surface area (Å²) in [6, 6.07) is 4.84. The molecule has 1 aromatic heterocycles. The first-order valence-electron chi connectivity index (χ1n) is 9.17. The number of benzene rings is 1. The summed E-state index contributed by atoms with van der Waals surface area (Å²) >= 11 is 0. The molecule has 0 aliphatic carbocycles. The van der Waals surface area contributed by atoms with E-state index in [1.165, 1.54) is 12.1 Å². The highest BCUT2D eigenvalue weighted by atomic mass is 19.4. The molecule has 1 fully saturated rings. The van der Waals surface area contributed by atoms with Gasteiger partial charge < -0.3 is 9.84 Å². The number of piperazine rings is 1. The Hall–Kier alpha value is -2.72. The van der Waals surface area contributed by atoms with Crippen LogP contribution in [0.25, 0.3) is 11.4 Å². The molecule has 1 aromatic carbocycles. The highest BCUT2D eigenvalue weighted by Gasteiger charge is 2.31. The minimum atomic E-state index is -4.43. The summed E-state index contributed by atoms with van der Waals surface area (Å²) in [5, 5.41) is 6.55. The summed E-state index contributed by atoms with van der Waals surface area (Å²) < 4.78 is 43.8. The van der Waals surface area contributed by atoms with Gasteiger partial charge in [0, 0.05) is 38.3 Å². The average molecular weight is 409 g/mol. The van der Waals surface area contributed by atoms with Crippen LogP contribution >= 0.6 is 0 Å². The molecule has 3 rings (SSSR count). The van der Waals surface area contributed by atoms with E-state index >= 15 is 0 Å². The van der Waals surface area contributed by atoms with Crippen LogP contribution in [0.5, 0.6) is 0 Å². The zero-order chi connectivity index (χ0) is 20.9. The minimum absolute atomic E-state index is 0.0408. The third-order valence-corrected chi connectivity index (χ3v) is 4.55. The molecule has 0 saturated carbocycles. The van der Waals surface area contributed by atoms with Gasteiger partial charge in [0.2, 0.25) is 17.6 Å². The molecule has 2 heterocycles. The van der Waals surface area contributed by atoms with Crippen LogP contribution in [0.4, 0.5) is 13.2 Å². The maximum absolute atomic E-state index is 12.9. The van der Waals surface area contributed by atoms with Crippen LogP contribution in [-0.4, -0.2) is 65.1 Å². The monoisotopic (exact) mass is 409 g/mol. The van der Waals surface area contributed by atoms with Crippen molar-refractivity contribution in [1.29, 1.82) is 0 Å². The number of hydrogen-bond donors (Lipinski definition) is 1. The zero-order valence-corrected chi connectivity index (χ0v) is 15.8. The van der Waals surface area contributed by atoms with Gasteiger partial charge in [-0.25, -0.2) is 0 Å². The molecular weight excluding hydrogens is 387 g/mol. The number of carbonyl (C=O) groups excluding carboxylic acids is 1. The van der Waals surface area contributed by atoms with E-state index in [-0.39, 0.29) is 17.3 Å². The van der Waals surface area contributed by atoms with E-state index in [4.69, 9.17) is 4.52 Å². The largest absolute Gasteiger partial charge is 0.416 e. The summed E-state index contributed by atoms with van der Waals surface area (Å²) in [7, 11) is 0. The van der Waals surface area contributed by atoms with Crippen molar-refractivity contribution in [2.75, 3.05) is 39.3 Å². The Balaban J connectivity index is 1.53. The second-order valence-electron chi connectivity index (χ2n) is 6.74. The highest BCUT2D eigenvalue weighted by Crippen LogP contribution is 2.31. The van der Waals surface area contributed by atoms with Gasteiger partial charge in [-0.05, 0) is 12.1 Å². The van der Waals surface area contributed by atoms with E-state index in [1.807, 2.05) is 0 Å². The Morgan fingerprint density at radius 3 is 2.66 bits per heavy atom. The van der Waals surface area contributed by atoms with E-state index in [0.717, 1.165) is 38.3 Å². The highest BCUT2D eigenvalue weighted by molar-refractivity contribution is 5.78. The van der Waals surface area contributed by atoms with E-state index in [2.05, 4.69) is 31.8 Å². The maximum atomic E-state index is 12.9. The fourth-order valence-corrected chi connectivity index (χ4v) is 3.01. The summed E-state index contributed by atoms with van der Waals surface area (Å²) in [5.41, 5.74) is -0.500. The van der Waals surface area contributed by atoms with E-state index in [0.29, 0.717) is 25.5 Å². The molecule has 0 unspecified atom stereocenters. The zero-order valence-electron chi connectivity index (χ0n) is 15.8. The number of alkyl halides is 3. The van der Waals surface area contributed by atoms with Crippen molar-refractivity contribution < 1.29 is 22.5 Å². The van der Waals surface area contributed by atoms with Crippen LogP contribution < -0.4 is 5.32 Å². The molecule has 1 aliphatic heterocycles. The second kappa shape index (κ2) is 9.19. The topological polar surface area (TPSA) is 74.5 Å². The van der Waals surface area contributed by atoms with Gasteiger partial charge in [-0.2, -0.15) is 18.2 Å². The smallest absolute Gasteiger partial charge is 0.352 e. The first kappa shape index (κ1) is 21.0. The first-order chi connectivity index (χ1) is 13.8. The average Bonchev–Trinajstić information content (AvgIpc) is 3.16. The van der Waals surface area contributed by atoms with E-state index in [1.54, 1.807) is 6.08 Å². The number of nitrogens with one attached hydrogen (secondary N) is 1. The standard InChI is InChI=1S/C19H22F3N5O2/c1-2-6-23-16(28)12-26-7-9-27(10-8-26)13-17-24-18(25-29-17)14-4-3-5-15(11-14)19(20,21)22/h2-5,11H,1,6-10,12-13H2,(H,23,28). The van der Waals surface area contributed by atoms with Crippen LogP contribution in [-0.2, 0) is 17.5 Å². The third-order valence-electron chi connectivity index (χ3n) is 4.55. The first-order valence-corrected chi connectivity index (χ1v) is 9.17. The Bertz CT molecular complexity index is 844. The third kappa shape index (κ3) is 5.88. The number of amides is 1. The Kier molecular flexibility index (Phi) is 6.65. The summed E-state index contributed by atoms with van der Waals surface area (Å²) in [5.74, 6) is 0.430. The van der Waals surface area contributed by atoms with Crippen molar-refractivity contribution in [3.8, 4) is 11.4 Å². The Morgan fingerprint density at radius 2 is 1.97 bits per heavy atom. The molecule has 2 aromatic rings. The van der Waals surface area contributed by atoms with Gasteiger partial charge in [0.15, 0.2) is 0 Å². The number of halogens is 3. The number of aromatic nitrogens is 2. The van der Waals surface area contributed by atoms with E-state index in [9.17, 15) is 18.0 Å². The molecular formula is C19H22F3N5O2. The van der Waals surface area contributed by atoms with Crippen molar-refractivity contribution in [1.82, 2.24) is 25.3 Å². The van der Waals surface area contributed by atoms with Gasteiger partial charge in [0.25, 0.3) is 0 Å². The number of rotatable bonds is 7. The van der Waals surface area contributed by atoms with Crippen LogP contribution in [0, 0.1) is 0 Å². The van der Waals surface area contributed by atoms with Crippen molar-refractivity contribution in [2.24, 2.45) is 0 Å². The lowest BCUT2D eigenvalue weighted by molar-refractivity contribution is -0.137. The molecule has 10 heteroatoms. The quantitative estimate of drug-likeness (QED) is 0.707. The van der Waals surface area contributed by atoms with Gasteiger partial charge >= 0.3 is 6.18 Å². The minimum Gasteiger partial charge on any atom is -0.352 e. The van der Waals surface area contributed by atoms with Crippen LogP contribution in [0.1, 0.15) is 11.5 Å². The lowest BCUT2D eigenvalue weighted by Gasteiger charge is -2.33. The van der Waals surface area contributed by atoms with Crippen molar-refractivity contribution >= 4 is 5.91 Å². The Labute approximate surface area is 166 Å². The summed E-state index contributed by atoms with van der Waals surface area (Å²) in [4.78, 5) is 20.1. The van der Waals surface area contributed by atoms with Crippen LogP contribution in [0.2, 0.25) is 0 Å². The molecule has 29 heavy (non-hydrogen) atoms. The van der Waals surface area contributed by atoms with Gasteiger partial charge in [-0.15, -0.1) is 6.58 Å². The van der Waals surface area contributed by atoms with Crippen LogP contribution in [0.3, 0.4) is 0 Å². The maximum Gasteiger partial charge on any atom is 0.416 e. The van der Waals surface area contributed by atoms with Gasteiger partial charge in [-0.3, -0.25) is 14.6 Å². The molecule has 1 amide bonds. The lowest BCUT2D eigenvalue weighted by Crippen LogP contribution is -2.49. The summed E-state index contributed by atoms with van der Waals surface area (Å²) in [6.45, 7) is 7.62. The van der Waals surface area contributed by atoms with Gasteiger partial charge in [0.05, 0.1) is 18.7 Å². The Morgan fingerprint density at radius 1 is 1.24 bits per heavy atom. The molecule has 156 valence electrons. The van der Waals surface area contributed by atoms with Gasteiger partial charge in [-0.1, -0.05) is 23.4 Å². The predicted octanol–water partition coefficient (Wildman–Crippen LogP) is 2.18. The molecule has 1 aliphatic rings. The normalized spacial score (nSPS) is 16.0. The molecule has 0 spiro atoms. The van der Waals surface area contributed by atoms with Crippen molar-refractivity contribution in [3.05, 3.63) is 48.4 Å². The predicted molar refractivity (Wildman–Crippen MR) is 99.7 cm³/mol. The SMILES string of the molecule is C=CCNC(=O)CN1CCN(Cc2nc(-c3cccc(C(F)(F)F)c3)no2)CC1. The van der Waals surface area contributed by atoms with Gasteiger partial charge in [0.1, 0.15) is 0 Å². The van der Waals surface area contributed by atoms with Crippen molar-refractivity contribution in [2.45, 2.75) is 12.7 Å². The molecule has 1 saturated heterocycles. The molecule has 0 radical (unpaired) electrons.